The molecule has 2 aliphatic rings. The van der Waals surface area contributed by atoms with E-state index in [1.54, 1.807) is 9.80 Å². The molecule has 2 aromatic carbocycles. The van der Waals surface area contributed by atoms with Crippen LogP contribution in [0.15, 0.2) is 48.5 Å². The van der Waals surface area contributed by atoms with Gasteiger partial charge in [0.15, 0.2) is 0 Å². The number of quaternary nitrogens is 1. The van der Waals surface area contributed by atoms with E-state index in [4.69, 9.17) is 0 Å². The summed E-state index contributed by atoms with van der Waals surface area (Å²) in [6, 6.07) is 15.8. The first-order chi connectivity index (χ1) is 15.0. The second-order valence-electron chi connectivity index (χ2n) is 9.11. The molecule has 3 unspecified atom stereocenters. The highest BCUT2D eigenvalue weighted by Gasteiger charge is 2.40. The van der Waals surface area contributed by atoms with E-state index in [1.807, 2.05) is 55.5 Å². The monoisotopic (exact) mass is 420 g/mol. The van der Waals surface area contributed by atoms with Gasteiger partial charge in [-0.25, -0.2) is 0 Å². The molecule has 0 aliphatic carbocycles. The predicted molar refractivity (Wildman–Crippen MR) is 122 cm³/mol. The summed E-state index contributed by atoms with van der Waals surface area (Å²) in [6.07, 6.45) is 4.91. The van der Waals surface area contributed by atoms with Crippen LogP contribution in [0, 0.1) is 6.92 Å². The summed E-state index contributed by atoms with van der Waals surface area (Å²) in [7, 11) is 0. The minimum Gasteiger partial charge on any atom is -0.354 e. The number of nitrogens with zero attached hydrogens (tertiary/aromatic N) is 1. The molecule has 0 saturated carbocycles. The van der Waals surface area contributed by atoms with Crippen LogP contribution < -0.4 is 10.2 Å². The SMILES string of the molecule is Cc1ccc(CN2C(=O)c3ccccc3C2C(=O)NCCC[NH+]2CCCCC2C)cc1. The van der Waals surface area contributed by atoms with E-state index in [-0.39, 0.29) is 11.8 Å². The number of rotatable bonds is 7. The average Bonchev–Trinajstić information content (AvgIpc) is 3.06. The van der Waals surface area contributed by atoms with Crippen LogP contribution >= 0.6 is 0 Å². The third kappa shape index (κ3) is 4.82. The van der Waals surface area contributed by atoms with Crippen LogP contribution in [0.25, 0.3) is 0 Å². The number of fused-ring (bicyclic) bond motifs is 1. The van der Waals surface area contributed by atoms with Crippen LogP contribution in [0.4, 0.5) is 0 Å². The molecule has 2 N–H and O–H groups in total. The van der Waals surface area contributed by atoms with Crippen molar-refractivity contribution in [1.29, 1.82) is 0 Å². The van der Waals surface area contributed by atoms with Crippen molar-refractivity contribution in [2.45, 2.75) is 58.2 Å². The van der Waals surface area contributed by atoms with Gasteiger partial charge in [0.1, 0.15) is 6.04 Å². The Kier molecular flexibility index (Phi) is 6.71. The highest BCUT2D eigenvalue weighted by molar-refractivity contribution is 6.04. The molecule has 4 rings (SSSR count). The first-order valence-corrected chi connectivity index (χ1v) is 11.6. The fourth-order valence-corrected chi connectivity index (χ4v) is 4.95. The molecule has 31 heavy (non-hydrogen) atoms. The van der Waals surface area contributed by atoms with Gasteiger partial charge in [-0.05, 0) is 50.3 Å². The first-order valence-electron chi connectivity index (χ1n) is 11.6. The maximum atomic E-state index is 13.2. The second kappa shape index (κ2) is 9.65. The molecule has 0 aromatic heterocycles. The number of carbonyl (C=O) groups is 2. The Hall–Kier alpha value is -2.66. The summed E-state index contributed by atoms with van der Waals surface area (Å²) in [5, 5.41) is 3.12. The predicted octanol–water partition coefficient (Wildman–Crippen LogP) is 2.66. The van der Waals surface area contributed by atoms with Crippen LogP contribution in [-0.4, -0.2) is 42.4 Å². The fraction of sp³-hybridized carbons (Fsp3) is 0.462. The minimum atomic E-state index is -0.564. The number of nitrogens with one attached hydrogen (secondary N) is 2. The van der Waals surface area contributed by atoms with E-state index in [2.05, 4.69) is 12.2 Å². The van der Waals surface area contributed by atoms with Gasteiger partial charge >= 0.3 is 0 Å². The molecule has 3 atom stereocenters. The molecule has 2 aromatic rings. The second-order valence-corrected chi connectivity index (χ2v) is 9.11. The number of benzene rings is 2. The third-order valence-corrected chi connectivity index (χ3v) is 6.84. The van der Waals surface area contributed by atoms with Crippen LogP contribution in [0.2, 0.25) is 0 Å². The number of hydrogen-bond donors (Lipinski definition) is 2. The quantitative estimate of drug-likeness (QED) is 0.677. The molecule has 0 bridgehead atoms. The van der Waals surface area contributed by atoms with Gasteiger partial charge in [-0.2, -0.15) is 0 Å². The molecule has 0 spiro atoms. The Morgan fingerprint density at radius 3 is 2.68 bits per heavy atom. The van der Waals surface area contributed by atoms with Crippen LogP contribution in [0.5, 0.6) is 0 Å². The van der Waals surface area contributed by atoms with Gasteiger partial charge < -0.3 is 15.1 Å². The summed E-state index contributed by atoms with van der Waals surface area (Å²) >= 11 is 0. The highest BCUT2D eigenvalue weighted by Crippen LogP contribution is 2.35. The minimum absolute atomic E-state index is 0.0667. The first kappa shape index (κ1) is 21.6. The zero-order valence-corrected chi connectivity index (χ0v) is 18.7. The standard InChI is InChI=1S/C26H33N3O2/c1-19-11-13-21(14-12-19)18-29-24(22-9-3-4-10-23(22)26(29)31)25(30)27-15-7-17-28-16-6-5-8-20(28)2/h3-4,9-14,20,24H,5-8,15-18H2,1-2H3,(H,27,30)/p+1. The molecule has 2 aliphatic heterocycles. The Morgan fingerprint density at radius 1 is 1.13 bits per heavy atom. The van der Waals surface area contributed by atoms with Crippen molar-refractivity contribution < 1.29 is 14.5 Å². The summed E-state index contributed by atoms with van der Waals surface area (Å²) in [5.41, 5.74) is 3.67. The van der Waals surface area contributed by atoms with Gasteiger partial charge in [0, 0.05) is 25.1 Å². The van der Waals surface area contributed by atoms with Crippen molar-refractivity contribution in [3.63, 3.8) is 0 Å². The van der Waals surface area contributed by atoms with E-state index in [1.165, 1.54) is 31.4 Å². The third-order valence-electron chi connectivity index (χ3n) is 6.84. The van der Waals surface area contributed by atoms with Crippen molar-refractivity contribution in [2.75, 3.05) is 19.6 Å². The van der Waals surface area contributed by atoms with Gasteiger partial charge in [0.25, 0.3) is 5.91 Å². The summed E-state index contributed by atoms with van der Waals surface area (Å²) in [5.74, 6) is -0.144. The molecule has 2 heterocycles. The van der Waals surface area contributed by atoms with E-state index in [0.29, 0.717) is 24.7 Å². The van der Waals surface area contributed by atoms with Crippen molar-refractivity contribution in [2.24, 2.45) is 0 Å². The van der Waals surface area contributed by atoms with Crippen molar-refractivity contribution >= 4 is 11.8 Å². The zero-order chi connectivity index (χ0) is 21.8. The lowest BCUT2D eigenvalue weighted by Crippen LogP contribution is -3.16. The largest absolute Gasteiger partial charge is 0.354 e. The lowest BCUT2D eigenvalue weighted by molar-refractivity contribution is -0.928. The number of hydrogen-bond acceptors (Lipinski definition) is 2. The van der Waals surface area contributed by atoms with Crippen LogP contribution in [0.3, 0.4) is 0 Å². The van der Waals surface area contributed by atoms with Crippen LogP contribution in [-0.2, 0) is 11.3 Å². The topological polar surface area (TPSA) is 53.9 Å². The summed E-state index contributed by atoms with van der Waals surface area (Å²) < 4.78 is 0. The zero-order valence-electron chi connectivity index (χ0n) is 18.7. The van der Waals surface area contributed by atoms with E-state index in [0.717, 1.165) is 24.1 Å². The summed E-state index contributed by atoms with van der Waals surface area (Å²) in [4.78, 5) is 29.7. The summed E-state index contributed by atoms with van der Waals surface area (Å²) in [6.45, 7) is 7.79. The van der Waals surface area contributed by atoms with Gasteiger partial charge in [-0.1, -0.05) is 48.0 Å². The van der Waals surface area contributed by atoms with Gasteiger partial charge in [0.2, 0.25) is 5.91 Å². The van der Waals surface area contributed by atoms with Crippen LogP contribution in [0.1, 0.15) is 65.7 Å². The maximum absolute atomic E-state index is 13.2. The van der Waals surface area contributed by atoms with E-state index in [9.17, 15) is 9.59 Å². The smallest absolute Gasteiger partial charge is 0.255 e. The molecule has 5 heteroatoms. The number of likely N-dealkylation sites (tertiary alicyclic amines) is 1. The average molecular weight is 421 g/mol. The lowest BCUT2D eigenvalue weighted by Gasteiger charge is -2.30. The Morgan fingerprint density at radius 2 is 1.90 bits per heavy atom. The fourth-order valence-electron chi connectivity index (χ4n) is 4.95. The van der Waals surface area contributed by atoms with Crippen molar-refractivity contribution in [3.8, 4) is 0 Å². The van der Waals surface area contributed by atoms with Gasteiger partial charge in [-0.15, -0.1) is 0 Å². The molecule has 1 saturated heterocycles. The van der Waals surface area contributed by atoms with Crippen molar-refractivity contribution in [1.82, 2.24) is 10.2 Å². The molecule has 2 amide bonds. The Balaban J connectivity index is 1.42. The van der Waals surface area contributed by atoms with E-state index < -0.39 is 6.04 Å². The van der Waals surface area contributed by atoms with Crippen molar-refractivity contribution in [3.05, 3.63) is 70.8 Å². The molecular weight excluding hydrogens is 386 g/mol. The lowest BCUT2D eigenvalue weighted by atomic mass is 10.0. The van der Waals surface area contributed by atoms with Gasteiger partial charge in [-0.3, -0.25) is 9.59 Å². The number of aryl methyl sites for hydroxylation is 1. The maximum Gasteiger partial charge on any atom is 0.255 e. The molecular formula is C26H34N3O2+. The normalized spacial score (nSPS) is 23.0. The molecule has 164 valence electrons. The molecule has 1 fully saturated rings. The Labute approximate surface area is 185 Å². The molecule has 5 nitrogen and oxygen atoms in total. The Bertz CT molecular complexity index is 925. The molecule has 0 radical (unpaired) electrons. The number of amides is 2. The van der Waals surface area contributed by atoms with E-state index >= 15 is 0 Å². The highest BCUT2D eigenvalue weighted by atomic mass is 16.2. The number of piperidine rings is 1. The van der Waals surface area contributed by atoms with Gasteiger partial charge in [0.05, 0.1) is 19.1 Å². The number of carbonyl (C=O) groups excluding carboxylic acids is 2.